The van der Waals surface area contributed by atoms with E-state index in [0.29, 0.717) is 18.2 Å². The molecule has 0 fully saturated rings. The van der Waals surface area contributed by atoms with Crippen molar-refractivity contribution in [3.05, 3.63) is 24.0 Å². The molecule has 72 valence electrons. The molecule has 0 amide bonds. The highest BCUT2D eigenvalue weighted by molar-refractivity contribution is 5.56. The fourth-order valence-corrected chi connectivity index (χ4v) is 0.968. The van der Waals surface area contributed by atoms with E-state index in [0.717, 1.165) is 0 Å². The van der Waals surface area contributed by atoms with Crippen molar-refractivity contribution < 1.29 is 13.9 Å². The molecule has 0 unspecified atom stereocenters. The lowest BCUT2D eigenvalue weighted by molar-refractivity contribution is 0.221. The van der Waals surface area contributed by atoms with Crippen molar-refractivity contribution in [2.24, 2.45) is 0 Å². The fraction of sp³-hybridized carbons (Fsp3) is 0.333. The van der Waals surface area contributed by atoms with E-state index in [1.807, 2.05) is 0 Å². The zero-order valence-corrected chi connectivity index (χ0v) is 7.63. The Hall–Kier alpha value is -1.29. The number of halogens is 1. The number of nitrogens with one attached hydrogen (secondary N) is 1. The molecule has 0 aliphatic carbocycles. The number of hydrogen-bond donors (Lipinski definition) is 1. The molecule has 1 aromatic carbocycles. The fourth-order valence-electron chi connectivity index (χ4n) is 0.968. The first kappa shape index (κ1) is 9.80. The molecule has 0 spiro atoms. The van der Waals surface area contributed by atoms with Gasteiger partial charge in [0.05, 0.1) is 12.8 Å². The second-order valence-electron chi connectivity index (χ2n) is 2.45. The maximum absolute atomic E-state index is 12.8. The van der Waals surface area contributed by atoms with Gasteiger partial charge in [-0.05, 0) is 12.1 Å². The molecular weight excluding hydrogens is 173 g/mol. The predicted octanol–water partition coefficient (Wildman–Crippen LogP) is 1.85. The second kappa shape index (κ2) is 4.67. The third-order valence-corrected chi connectivity index (χ3v) is 1.57. The van der Waals surface area contributed by atoms with Gasteiger partial charge in [0.15, 0.2) is 0 Å². The van der Waals surface area contributed by atoms with Gasteiger partial charge < -0.3 is 14.8 Å². The molecule has 0 radical (unpaired) electrons. The molecule has 0 atom stereocenters. The molecule has 0 aromatic heterocycles. The van der Waals surface area contributed by atoms with Crippen molar-refractivity contribution in [2.75, 3.05) is 26.3 Å². The van der Waals surface area contributed by atoms with E-state index in [2.05, 4.69) is 5.32 Å². The van der Waals surface area contributed by atoms with Crippen molar-refractivity contribution in [1.82, 2.24) is 0 Å². The van der Waals surface area contributed by atoms with Crippen LogP contribution in [0, 0.1) is 5.82 Å². The summed E-state index contributed by atoms with van der Waals surface area (Å²) in [6, 6.07) is 4.27. The summed E-state index contributed by atoms with van der Waals surface area (Å²) in [5, 5.41) is 2.87. The SMILES string of the molecule is COCNc1cc(F)ccc1OC. The van der Waals surface area contributed by atoms with Crippen LogP contribution >= 0.6 is 0 Å². The Morgan fingerprint density at radius 2 is 2.15 bits per heavy atom. The first-order valence-corrected chi connectivity index (χ1v) is 3.84. The summed E-state index contributed by atoms with van der Waals surface area (Å²) in [5.41, 5.74) is 0.587. The lowest BCUT2D eigenvalue weighted by atomic mass is 10.3. The minimum atomic E-state index is -0.306. The molecule has 0 heterocycles. The van der Waals surface area contributed by atoms with Crippen LogP contribution in [0.5, 0.6) is 5.75 Å². The average Bonchev–Trinajstić information content (AvgIpc) is 2.15. The summed E-state index contributed by atoms with van der Waals surface area (Å²) in [4.78, 5) is 0. The third kappa shape index (κ3) is 2.59. The summed E-state index contributed by atoms with van der Waals surface area (Å²) in [6.07, 6.45) is 0. The number of ether oxygens (including phenoxy) is 2. The molecule has 4 heteroatoms. The molecule has 3 nitrogen and oxygen atoms in total. The van der Waals surface area contributed by atoms with E-state index < -0.39 is 0 Å². The standard InChI is InChI=1S/C9H12FNO2/c1-12-6-11-8-5-7(10)3-4-9(8)13-2/h3-5,11H,6H2,1-2H3. The highest BCUT2D eigenvalue weighted by Crippen LogP contribution is 2.24. The van der Waals surface area contributed by atoms with Crippen LogP contribution in [0.3, 0.4) is 0 Å². The Morgan fingerprint density at radius 3 is 2.77 bits per heavy atom. The highest BCUT2D eigenvalue weighted by Gasteiger charge is 2.02. The molecule has 1 aromatic rings. The molecule has 1 N–H and O–H groups in total. The molecule has 0 aliphatic rings. The monoisotopic (exact) mass is 185 g/mol. The lowest BCUT2D eigenvalue weighted by Crippen LogP contribution is -2.04. The molecule has 0 bridgehead atoms. The maximum atomic E-state index is 12.8. The number of rotatable bonds is 4. The third-order valence-electron chi connectivity index (χ3n) is 1.57. The summed E-state index contributed by atoms with van der Waals surface area (Å²) in [6.45, 7) is 0.319. The van der Waals surface area contributed by atoms with Crippen molar-refractivity contribution in [2.45, 2.75) is 0 Å². The van der Waals surface area contributed by atoms with Crippen LogP contribution in [0.15, 0.2) is 18.2 Å². The Bertz CT molecular complexity index is 278. The zero-order valence-electron chi connectivity index (χ0n) is 7.63. The van der Waals surface area contributed by atoms with Gasteiger partial charge in [-0.1, -0.05) is 0 Å². The number of methoxy groups -OCH3 is 2. The number of benzene rings is 1. The van der Waals surface area contributed by atoms with Crippen molar-refractivity contribution in [1.29, 1.82) is 0 Å². The molecule has 1 rings (SSSR count). The Balaban J connectivity index is 2.81. The Kier molecular flexibility index (Phi) is 3.52. The van der Waals surface area contributed by atoms with Crippen LogP contribution in [-0.4, -0.2) is 21.0 Å². The molecule has 0 aliphatic heterocycles. The topological polar surface area (TPSA) is 30.5 Å². The predicted molar refractivity (Wildman–Crippen MR) is 48.5 cm³/mol. The molecule has 0 saturated carbocycles. The van der Waals surface area contributed by atoms with Crippen LogP contribution < -0.4 is 10.1 Å². The van der Waals surface area contributed by atoms with Gasteiger partial charge in [-0.15, -0.1) is 0 Å². The van der Waals surface area contributed by atoms with Gasteiger partial charge in [0.2, 0.25) is 0 Å². The minimum Gasteiger partial charge on any atom is -0.495 e. The molecule has 13 heavy (non-hydrogen) atoms. The van der Waals surface area contributed by atoms with Gasteiger partial charge in [-0.3, -0.25) is 0 Å². The number of anilines is 1. The van der Waals surface area contributed by atoms with Gasteiger partial charge in [0.1, 0.15) is 18.3 Å². The van der Waals surface area contributed by atoms with E-state index in [4.69, 9.17) is 9.47 Å². The van der Waals surface area contributed by atoms with E-state index >= 15 is 0 Å². The van der Waals surface area contributed by atoms with E-state index in [9.17, 15) is 4.39 Å². The number of hydrogen-bond acceptors (Lipinski definition) is 3. The van der Waals surface area contributed by atoms with Gasteiger partial charge in [0.25, 0.3) is 0 Å². The van der Waals surface area contributed by atoms with E-state index in [-0.39, 0.29) is 5.82 Å². The Morgan fingerprint density at radius 1 is 1.38 bits per heavy atom. The van der Waals surface area contributed by atoms with Gasteiger partial charge >= 0.3 is 0 Å². The van der Waals surface area contributed by atoms with Gasteiger partial charge in [-0.2, -0.15) is 0 Å². The van der Waals surface area contributed by atoms with Crippen molar-refractivity contribution in [3.8, 4) is 5.75 Å². The summed E-state index contributed by atoms with van der Waals surface area (Å²) < 4.78 is 22.6. The average molecular weight is 185 g/mol. The quantitative estimate of drug-likeness (QED) is 0.726. The first-order chi connectivity index (χ1) is 6.27. The van der Waals surface area contributed by atoms with E-state index in [1.165, 1.54) is 19.2 Å². The highest BCUT2D eigenvalue weighted by atomic mass is 19.1. The van der Waals surface area contributed by atoms with Crippen LogP contribution in [0.2, 0.25) is 0 Å². The van der Waals surface area contributed by atoms with Gasteiger partial charge in [-0.25, -0.2) is 4.39 Å². The smallest absolute Gasteiger partial charge is 0.142 e. The molecule has 0 saturated heterocycles. The van der Waals surface area contributed by atoms with Crippen LogP contribution in [0.1, 0.15) is 0 Å². The summed E-state index contributed by atoms with van der Waals surface area (Å²) in [5.74, 6) is 0.290. The maximum Gasteiger partial charge on any atom is 0.142 e. The summed E-state index contributed by atoms with van der Waals surface area (Å²) >= 11 is 0. The largest absolute Gasteiger partial charge is 0.495 e. The van der Waals surface area contributed by atoms with E-state index in [1.54, 1.807) is 13.2 Å². The summed E-state index contributed by atoms with van der Waals surface area (Å²) in [7, 11) is 3.09. The minimum absolute atomic E-state index is 0.306. The Labute approximate surface area is 76.5 Å². The van der Waals surface area contributed by atoms with Crippen molar-refractivity contribution in [3.63, 3.8) is 0 Å². The lowest BCUT2D eigenvalue weighted by Gasteiger charge is -2.09. The van der Waals surface area contributed by atoms with Crippen LogP contribution in [-0.2, 0) is 4.74 Å². The zero-order chi connectivity index (χ0) is 9.68. The second-order valence-corrected chi connectivity index (χ2v) is 2.45. The van der Waals surface area contributed by atoms with Crippen LogP contribution in [0.4, 0.5) is 10.1 Å². The molecular formula is C9H12FNO2. The first-order valence-electron chi connectivity index (χ1n) is 3.84. The van der Waals surface area contributed by atoms with Crippen LogP contribution in [0.25, 0.3) is 0 Å². The normalized spacial score (nSPS) is 9.77. The van der Waals surface area contributed by atoms with Crippen molar-refractivity contribution >= 4 is 5.69 Å². The van der Waals surface area contributed by atoms with Gasteiger partial charge in [0, 0.05) is 13.2 Å².